The number of aromatic nitrogens is 2. The standard InChI is InChI=1S/C10H12F3N3OS/c11-10(12,13)8-15-16-9(18-8)14-6-3-4-17-7(6)5-1-2-5/h5-7H,1-4H2,(H,14,16). The van der Waals surface area contributed by atoms with Gasteiger partial charge in [-0.15, -0.1) is 10.2 Å². The minimum atomic E-state index is -4.42. The molecule has 0 bridgehead atoms. The van der Waals surface area contributed by atoms with Crippen molar-refractivity contribution < 1.29 is 17.9 Å². The van der Waals surface area contributed by atoms with E-state index in [-0.39, 0.29) is 17.3 Å². The monoisotopic (exact) mass is 279 g/mol. The van der Waals surface area contributed by atoms with Crippen LogP contribution in [0, 0.1) is 5.92 Å². The van der Waals surface area contributed by atoms with E-state index < -0.39 is 11.2 Å². The summed E-state index contributed by atoms with van der Waals surface area (Å²) in [5.41, 5.74) is 0. The molecule has 2 heterocycles. The Hall–Kier alpha value is -0.890. The van der Waals surface area contributed by atoms with Crippen LogP contribution in [-0.2, 0) is 10.9 Å². The molecule has 1 aliphatic carbocycles. The highest BCUT2D eigenvalue weighted by Gasteiger charge is 2.41. The Morgan fingerprint density at radius 2 is 2.00 bits per heavy atom. The second kappa shape index (κ2) is 4.34. The summed E-state index contributed by atoms with van der Waals surface area (Å²) in [4.78, 5) is 0. The van der Waals surface area contributed by atoms with Gasteiger partial charge in [-0.05, 0) is 25.2 Å². The fourth-order valence-corrected chi connectivity index (χ4v) is 2.88. The molecule has 2 fully saturated rings. The predicted molar refractivity (Wildman–Crippen MR) is 59.4 cm³/mol. The van der Waals surface area contributed by atoms with Crippen molar-refractivity contribution in [2.75, 3.05) is 11.9 Å². The van der Waals surface area contributed by atoms with E-state index >= 15 is 0 Å². The predicted octanol–water partition coefficient (Wildman–Crippen LogP) is 2.54. The van der Waals surface area contributed by atoms with Crippen LogP contribution >= 0.6 is 11.3 Å². The van der Waals surface area contributed by atoms with Gasteiger partial charge in [-0.2, -0.15) is 13.2 Å². The first-order valence-electron chi connectivity index (χ1n) is 5.83. The van der Waals surface area contributed by atoms with Crippen LogP contribution in [0.2, 0.25) is 0 Å². The van der Waals surface area contributed by atoms with Crippen LogP contribution in [-0.4, -0.2) is 29.0 Å². The summed E-state index contributed by atoms with van der Waals surface area (Å²) in [6.45, 7) is 0.657. The van der Waals surface area contributed by atoms with E-state index in [9.17, 15) is 13.2 Å². The van der Waals surface area contributed by atoms with Crippen molar-refractivity contribution in [1.29, 1.82) is 0 Å². The third kappa shape index (κ3) is 2.44. The molecule has 2 unspecified atom stereocenters. The molecule has 0 radical (unpaired) electrons. The van der Waals surface area contributed by atoms with Gasteiger partial charge in [-0.3, -0.25) is 0 Å². The molecule has 8 heteroatoms. The molecule has 3 rings (SSSR count). The summed E-state index contributed by atoms with van der Waals surface area (Å²) in [6.07, 6.45) is -1.20. The van der Waals surface area contributed by atoms with Crippen molar-refractivity contribution in [2.45, 2.75) is 37.6 Å². The van der Waals surface area contributed by atoms with E-state index in [0.717, 1.165) is 19.3 Å². The maximum atomic E-state index is 12.4. The molecule has 1 aliphatic heterocycles. The second-order valence-electron chi connectivity index (χ2n) is 4.62. The molecule has 0 amide bonds. The maximum Gasteiger partial charge on any atom is 0.445 e. The molecule has 18 heavy (non-hydrogen) atoms. The van der Waals surface area contributed by atoms with Gasteiger partial charge in [0.1, 0.15) is 0 Å². The van der Waals surface area contributed by atoms with Gasteiger partial charge < -0.3 is 10.1 Å². The van der Waals surface area contributed by atoms with Gasteiger partial charge in [0, 0.05) is 6.61 Å². The number of nitrogens with zero attached hydrogens (tertiary/aromatic N) is 2. The van der Waals surface area contributed by atoms with Gasteiger partial charge in [0.15, 0.2) is 0 Å². The first kappa shape index (κ1) is 12.2. The molecule has 1 saturated heterocycles. The molecule has 0 spiro atoms. The highest BCUT2D eigenvalue weighted by Crippen LogP contribution is 2.40. The van der Waals surface area contributed by atoms with Gasteiger partial charge >= 0.3 is 6.18 Å². The van der Waals surface area contributed by atoms with E-state index in [2.05, 4.69) is 15.5 Å². The highest BCUT2D eigenvalue weighted by atomic mass is 32.1. The van der Waals surface area contributed by atoms with Crippen molar-refractivity contribution in [1.82, 2.24) is 10.2 Å². The van der Waals surface area contributed by atoms with Crippen LogP contribution in [0.1, 0.15) is 24.3 Å². The first-order chi connectivity index (χ1) is 8.54. The maximum absolute atomic E-state index is 12.4. The zero-order chi connectivity index (χ0) is 12.8. The van der Waals surface area contributed by atoms with E-state index in [4.69, 9.17) is 4.74 Å². The van der Waals surface area contributed by atoms with Crippen molar-refractivity contribution in [3.8, 4) is 0 Å². The first-order valence-corrected chi connectivity index (χ1v) is 6.64. The number of hydrogen-bond acceptors (Lipinski definition) is 5. The normalized spacial score (nSPS) is 28.6. The number of rotatable bonds is 3. The molecule has 1 saturated carbocycles. The number of alkyl halides is 3. The third-order valence-corrected chi connectivity index (χ3v) is 4.10. The summed E-state index contributed by atoms with van der Waals surface area (Å²) >= 11 is 0.547. The lowest BCUT2D eigenvalue weighted by Gasteiger charge is -2.18. The minimum absolute atomic E-state index is 0.0616. The van der Waals surface area contributed by atoms with E-state index in [0.29, 0.717) is 23.9 Å². The second-order valence-corrected chi connectivity index (χ2v) is 5.60. The molecule has 2 aliphatic rings. The minimum Gasteiger partial charge on any atom is -0.376 e. The van der Waals surface area contributed by atoms with Crippen LogP contribution < -0.4 is 5.32 Å². The van der Waals surface area contributed by atoms with Crippen molar-refractivity contribution in [3.05, 3.63) is 5.01 Å². The summed E-state index contributed by atoms with van der Waals surface area (Å²) in [5.74, 6) is 0.556. The molecule has 0 aromatic carbocycles. The largest absolute Gasteiger partial charge is 0.445 e. The number of ether oxygens (including phenoxy) is 1. The molecular weight excluding hydrogens is 267 g/mol. The fraction of sp³-hybridized carbons (Fsp3) is 0.800. The molecule has 1 aromatic heterocycles. The molecule has 1 N–H and O–H groups in total. The summed E-state index contributed by atoms with van der Waals surface area (Å²) in [6, 6.07) is 0.0616. The Balaban J connectivity index is 1.67. The number of nitrogens with one attached hydrogen (secondary N) is 1. The zero-order valence-corrected chi connectivity index (χ0v) is 10.2. The van der Waals surface area contributed by atoms with Crippen molar-refractivity contribution >= 4 is 16.5 Å². The van der Waals surface area contributed by atoms with Gasteiger partial charge in [0.25, 0.3) is 0 Å². The molecule has 100 valence electrons. The molecule has 1 aromatic rings. The Kier molecular flexibility index (Phi) is 2.93. The average molecular weight is 279 g/mol. The van der Waals surface area contributed by atoms with Gasteiger partial charge in [0.05, 0.1) is 12.1 Å². The highest BCUT2D eigenvalue weighted by molar-refractivity contribution is 7.15. The molecule has 4 nitrogen and oxygen atoms in total. The van der Waals surface area contributed by atoms with Crippen LogP contribution in [0.3, 0.4) is 0 Å². The number of hydrogen-bond donors (Lipinski definition) is 1. The lowest BCUT2D eigenvalue weighted by molar-refractivity contribution is -0.138. The van der Waals surface area contributed by atoms with Gasteiger partial charge in [-0.1, -0.05) is 11.3 Å². The van der Waals surface area contributed by atoms with E-state index in [1.807, 2.05) is 0 Å². The Morgan fingerprint density at radius 1 is 1.22 bits per heavy atom. The Bertz CT molecular complexity index is 432. The van der Waals surface area contributed by atoms with Crippen LogP contribution in [0.15, 0.2) is 0 Å². The Morgan fingerprint density at radius 3 is 2.61 bits per heavy atom. The van der Waals surface area contributed by atoms with E-state index in [1.165, 1.54) is 0 Å². The van der Waals surface area contributed by atoms with Crippen molar-refractivity contribution in [3.63, 3.8) is 0 Å². The van der Waals surface area contributed by atoms with Crippen molar-refractivity contribution in [2.24, 2.45) is 5.92 Å². The molecular formula is C10H12F3N3OS. The number of anilines is 1. The summed E-state index contributed by atoms with van der Waals surface area (Å²) in [7, 11) is 0. The van der Waals surface area contributed by atoms with Crippen LogP contribution in [0.4, 0.5) is 18.3 Å². The third-order valence-electron chi connectivity index (χ3n) is 3.20. The summed E-state index contributed by atoms with van der Waals surface area (Å²) < 4.78 is 42.8. The topological polar surface area (TPSA) is 47.0 Å². The number of halogens is 3. The summed E-state index contributed by atoms with van der Waals surface area (Å²) in [5, 5.41) is 9.04. The smallest absolute Gasteiger partial charge is 0.376 e. The van der Waals surface area contributed by atoms with E-state index in [1.54, 1.807) is 0 Å². The Labute approximate surface area is 106 Å². The fourth-order valence-electron chi connectivity index (χ4n) is 2.21. The van der Waals surface area contributed by atoms with Crippen LogP contribution in [0.25, 0.3) is 0 Å². The lowest BCUT2D eigenvalue weighted by atomic mass is 10.1. The lowest BCUT2D eigenvalue weighted by Crippen LogP contribution is -2.30. The van der Waals surface area contributed by atoms with Gasteiger partial charge in [-0.25, -0.2) is 0 Å². The zero-order valence-electron chi connectivity index (χ0n) is 9.41. The van der Waals surface area contributed by atoms with Crippen LogP contribution in [0.5, 0.6) is 0 Å². The quantitative estimate of drug-likeness (QED) is 0.923. The average Bonchev–Trinajstić information content (AvgIpc) is 2.85. The SMILES string of the molecule is FC(F)(F)c1nnc(NC2CCOC2C2CC2)s1. The van der Waals surface area contributed by atoms with Gasteiger partial charge in [0.2, 0.25) is 10.1 Å². The molecule has 2 atom stereocenters.